The Bertz CT molecular complexity index is 1330. The molecule has 0 radical (unpaired) electrons. The summed E-state index contributed by atoms with van der Waals surface area (Å²) < 4.78 is 0. The molecule has 4 rings (SSSR count). The van der Waals surface area contributed by atoms with Crippen molar-refractivity contribution in [3.8, 4) is 0 Å². The molecule has 2 amide bonds. The highest BCUT2D eigenvalue weighted by Gasteiger charge is 2.20. The average molecular weight is 489 g/mol. The number of nitrogens with two attached hydrogens (primary N) is 2. The van der Waals surface area contributed by atoms with Crippen LogP contribution in [0.25, 0.3) is 10.8 Å². The van der Waals surface area contributed by atoms with Crippen molar-refractivity contribution >= 4 is 28.3 Å². The van der Waals surface area contributed by atoms with E-state index in [-0.39, 0.29) is 11.4 Å². The monoisotopic (exact) mass is 488 g/mol. The fourth-order valence-corrected chi connectivity index (χ4v) is 4.72. The molecule has 1 aliphatic rings. The normalized spacial score (nSPS) is 14.1. The number of aromatic nitrogens is 1. The first kappa shape index (κ1) is 25.0. The van der Waals surface area contributed by atoms with Crippen molar-refractivity contribution in [2.75, 3.05) is 11.9 Å². The lowest BCUT2D eigenvalue weighted by atomic mass is 9.89. The zero-order chi connectivity index (χ0) is 25.5. The van der Waals surface area contributed by atoms with Gasteiger partial charge < -0.3 is 26.4 Å². The van der Waals surface area contributed by atoms with Crippen molar-refractivity contribution in [3.05, 3.63) is 88.1 Å². The Morgan fingerprint density at radius 2 is 1.75 bits per heavy atom. The van der Waals surface area contributed by atoms with Crippen molar-refractivity contribution in [1.29, 1.82) is 0 Å². The third-order valence-electron chi connectivity index (χ3n) is 6.56. The number of pyridine rings is 1. The zero-order valence-corrected chi connectivity index (χ0v) is 20.1. The van der Waals surface area contributed by atoms with Crippen LogP contribution in [0.15, 0.2) is 65.7 Å². The molecule has 3 aromatic rings. The maximum atomic E-state index is 13.3. The lowest BCUT2D eigenvalue weighted by Gasteiger charge is -2.22. The first-order valence-corrected chi connectivity index (χ1v) is 12.2. The molecule has 0 saturated heterocycles. The SMILES string of the molecule is N/C=C\N(N)Cc1ccc(C(=O)Nc2ccc(=O)[nH]c2C(=O)NCC2CCCCC2)c2ccccc12. The molecule has 1 saturated carbocycles. The molecule has 1 heterocycles. The van der Waals surface area contributed by atoms with Gasteiger partial charge in [0.25, 0.3) is 11.8 Å². The Morgan fingerprint density at radius 3 is 2.50 bits per heavy atom. The van der Waals surface area contributed by atoms with Crippen LogP contribution in [-0.2, 0) is 6.54 Å². The molecule has 2 aromatic carbocycles. The van der Waals surface area contributed by atoms with E-state index >= 15 is 0 Å². The van der Waals surface area contributed by atoms with E-state index in [1.807, 2.05) is 30.3 Å². The van der Waals surface area contributed by atoms with Crippen molar-refractivity contribution in [2.24, 2.45) is 17.5 Å². The van der Waals surface area contributed by atoms with Gasteiger partial charge in [0, 0.05) is 30.6 Å². The van der Waals surface area contributed by atoms with E-state index in [4.69, 9.17) is 11.6 Å². The Balaban J connectivity index is 1.57. The number of hydrogen-bond donors (Lipinski definition) is 5. The second kappa shape index (κ2) is 11.5. The van der Waals surface area contributed by atoms with E-state index < -0.39 is 17.4 Å². The Hall–Kier alpha value is -4.11. The second-order valence-corrected chi connectivity index (χ2v) is 9.11. The number of hydrazine groups is 1. The molecule has 188 valence electrons. The molecule has 1 fully saturated rings. The van der Waals surface area contributed by atoms with Gasteiger partial charge in [-0.15, -0.1) is 0 Å². The third-order valence-corrected chi connectivity index (χ3v) is 6.56. The smallest absolute Gasteiger partial charge is 0.269 e. The van der Waals surface area contributed by atoms with E-state index in [9.17, 15) is 14.4 Å². The standard InChI is InChI=1S/C27H32N6O3/c28-14-15-33(29)17-19-10-11-22(21-9-5-4-8-20(19)21)26(35)31-23-12-13-24(34)32-25(23)27(36)30-16-18-6-2-1-3-7-18/h4-5,8-15,18H,1-3,6-7,16-17,28-29H2,(H,30,36)(H,31,35)(H,32,34)/b15-14-. The van der Waals surface area contributed by atoms with E-state index in [0.29, 0.717) is 24.6 Å². The molecule has 0 spiro atoms. The number of carbonyl (C=O) groups is 2. The molecule has 9 heteroatoms. The number of anilines is 1. The van der Waals surface area contributed by atoms with Gasteiger partial charge in [-0.25, -0.2) is 5.84 Å². The van der Waals surface area contributed by atoms with Crippen LogP contribution in [0.2, 0.25) is 0 Å². The van der Waals surface area contributed by atoms with Gasteiger partial charge in [-0.1, -0.05) is 49.6 Å². The molecule has 7 N–H and O–H groups in total. The van der Waals surface area contributed by atoms with Crippen LogP contribution in [-0.4, -0.2) is 28.4 Å². The van der Waals surface area contributed by atoms with E-state index in [1.165, 1.54) is 42.6 Å². The minimum atomic E-state index is -0.413. The number of nitrogens with zero attached hydrogens (tertiary/aromatic N) is 1. The van der Waals surface area contributed by atoms with Crippen molar-refractivity contribution in [3.63, 3.8) is 0 Å². The number of fused-ring (bicyclic) bond motifs is 1. The highest BCUT2D eigenvalue weighted by molar-refractivity contribution is 6.15. The maximum Gasteiger partial charge on any atom is 0.269 e. The van der Waals surface area contributed by atoms with Crippen LogP contribution in [0.1, 0.15) is 58.5 Å². The topological polar surface area (TPSA) is 146 Å². The highest BCUT2D eigenvalue weighted by Crippen LogP contribution is 2.26. The number of H-pyrrole nitrogens is 1. The molecule has 0 atom stereocenters. The van der Waals surface area contributed by atoms with Gasteiger partial charge in [-0.2, -0.15) is 0 Å². The van der Waals surface area contributed by atoms with Crippen LogP contribution < -0.4 is 27.8 Å². The summed E-state index contributed by atoms with van der Waals surface area (Å²) in [5.74, 6) is 5.59. The molecule has 36 heavy (non-hydrogen) atoms. The lowest BCUT2D eigenvalue weighted by molar-refractivity contribution is 0.0939. The number of hydrogen-bond acceptors (Lipinski definition) is 6. The number of amides is 2. The second-order valence-electron chi connectivity index (χ2n) is 9.11. The fourth-order valence-electron chi connectivity index (χ4n) is 4.72. The van der Waals surface area contributed by atoms with Gasteiger partial charge >= 0.3 is 0 Å². The number of benzene rings is 2. The average Bonchev–Trinajstić information content (AvgIpc) is 2.89. The minimum absolute atomic E-state index is 0.0416. The predicted molar refractivity (Wildman–Crippen MR) is 141 cm³/mol. The van der Waals surface area contributed by atoms with Crippen molar-refractivity contribution in [1.82, 2.24) is 15.3 Å². The quantitative estimate of drug-likeness (QED) is 0.243. The summed E-state index contributed by atoms with van der Waals surface area (Å²) in [5, 5.41) is 8.81. The van der Waals surface area contributed by atoms with E-state index in [0.717, 1.165) is 29.2 Å². The first-order valence-electron chi connectivity index (χ1n) is 12.2. The largest absolute Gasteiger partial charge is 0.403 e. The van der Waals surface area contributed by atoms with Gasteiger partial charge in [0.05, 0.1) is 12.2 Å². The molecule has 0 bridgehead atoms. The van der Waals surface area contributed by atoms with E-state index in [1.54, 1.807) is 12.3 Å². The molecule has 9 nitrogen and oxygen atoms in total. The maximum absolute atomic E-state index is 13.3. The molecule has 1 aromatic heterocycles. The summed E-state index contributed by atoms with van der Waals surface area (Å²) in [6.07, 6.45) is 8.67. The molecular weight excluding hydrogens is 456 g/mol. The number of aromatic amines is 1. The summed E-state index contributed by atoms with van der Waals surface area (Å²) in [5.41, 5.74) is 6.66. The van der Waals surface area contributed by atoms with Crippen molar-refractivity contribution in [2.45, 2.75) is 38.6 Å². The van der Waals surface area contributed by atoms with Crippen LogP contribution in [0.4, 0.5) is 5.69 Å². The zero-order valence-electron chi connectivity index (χ0n) is 20.1. The third kappa shape index (κ3) is 5.92. The predicted octanol–water partition coefficient (Wildman–Crippen LogP) is 3.20. The van der Waals surface area contributed by atoms with Gasteiger partial charge in [0.1, 0.15) is 5.69 Å². The van der Waals surface area contributed by atoms with Crippen LogP contribution >= 0.6 is 0 Å². The summed E-state index contributed by atoms with van der Waals surface area (Å²) in [6, 6.07) is 13.8. The van der Waals surface area contributed by atoms with Gasteiger partial charge in [0.2, 0.25) is 5.56 Å². The fraction of sp³-hybridized carbons (Fsp3) is 0.296. The Labute approximate surface area is 209 Å². The van der Waals surface area contributed by atoms with Gasteiger partial charge in [0.15, 0.2) is 0 Å². The van der Waals surface area contributed by atoms with Crippen LogP contribution in [0.3, 0.4) is 0 Å². The number of rotatable bonds is 8. The summed E-state index contributed by atoms with van der Waals surface area (Å²) in [4.78, 5) is 40.8. The van der Waals surface area contributed by atoms with Gasteiger partial charge in [-0.3, -0.25) is 14.4 Å². The Kier molecular flexibility index (Phi) is 8.02. The Morgan fingerprint density at radius 1 is 1.00 bits per heavy atom. The van der Waals surface area contributed by atoms with Gasteiger partial charge in [-0.05, 0) is 47.2 Å². The van der Waals surface area contributed by atoms with Crippen molar-refractivity contribution < 1.29 is 9.59 Å². The molecule has 0 unspecified atom stereocenters. The lowest BCUT2D eigenvalue weighted by Crippen LogP contribution is -2.32. The first-order chi connectivity index (χ1) is 17.5. The van der Waals surface area contributed by atoms with E-state index in [2.05, 4.69) is 15.6 Å². The summed E-state index contributed by atoms with van der Waals surface area (Å²) >= 11 is 0. The number of carbonyl (C=O) groups excluding carboxylic acids is 2. The van der Waals surface area contributed by atoms with Crippen LogP contribution in [0.5, 0.6) is 0 Å². The number of nitrogens with one attached hydrogen (secondary N) is 3. The summed E-state index contributed by atoms with van der Waals surface area (Å²) in [6.45, 7) is 0.952. The highest BCUT2D eigenvalue weighted by atomic mass is 16.2. The minimum Gasteiger partial charge on any atom is -0.403 e. The summed E-state index contributed by atoms with van der Waals surface area (Å²) in [7, 11) is 0. The molecular formula is C27H32N6O3. The molecule has 1 aliphatic carbocycles. The molecule has 0 aliphatic heterocycles. The van der Waals surface area contributed by atoms with Crippen LogP contribution in [0, 0.1) is 5.92 Å².